The number of hydrogen-bond donors (Lipinski definition) is 2. The van der Waals surface area contributed by atoms with Gasteiger partial charge in [-0.05, 0) is 28.7 Å². The molecule has 0 saturated carbocycles. The summed E-state index contributed by atoms with van der Waals surface area (Å²) in [7, 11) is 1.82. The minimum absolute atomic E-state index is 0.760. The van der Waals surface area contributed by atoms with Crippen molar-refractivity contribution >= 4 is 5.96 Å². The Kier molecular flexibility index (Phi) is 7.88. The second-order valence-corrected chi connectivity index (χ2v) is 7.06. The van der Waals surface area contributed by atoms with E-state index in [0.717, 1.165) is 58.3 Å². The first-order chi connectivity index (χ1) is 13.8. The summed E-state index contributed by atoms with van der Waals surface area (Å²) in [4.78, 5) is 6.84. The molecular weight excluding hydrogens is 348 g/mol. The van der Waals surface area contributed by atoms with Crippen molar-refractivity contribution in [2.45, 2.75) is 33.0 Å². The van der Waals surface area contributed by atoms with Crippen molar-refractivity contribution in [1.82, 2.24) is 15.5 Å². The molecule has 1 fully saturated rings. The molecule has 0 atom stereocenters. The number of morpholine rings is 1. The number of guanidine groups is 1. The molecule has 3 rings (SSSR count). The van der Waals surface area contributed by atoms with Crippen molar-refractivity contribution in [3.05, 3.63) is 70.8 Å². The number of aliphatic imine (C=N–C) groups is 1. The molecule has 0 bridgehead atoms. The highest BCUT2D eigenvalue weighted by molar-refractivity contribution is 5.79. The normalized spacial score (nSPS) is 15.4. The molecule has 28 heavy (non-hydrogen) atoms. The summed E-state index contributed by atoms with van der Waals surface area (Å²) in [6.07, 6.45) is 1.04. The fourth-order valence-corrected chi connectivity index (χ4v) is 3.54. The first-order valence-corrected chi connectivity index (χ1v) is 10.2. The van der Waals surface area contributed by atoms with Crippen LogP contribution in [0.1, 0.15) is 29.2 Å². The molecule has 0 aromatic heterocycles. The maximum absolute atomic E-state index is 5.46. The SMILES string of the molecule is CCc1ccccc1CNC(=NC)NCc1ccccc1CN1CCOCC1. The average Bonchev–Trinajstić information content (AvgIpc) is 2.76. The number of nitrogens with one attached hydrogen (secondary N) is 2. The monoisotopic (exact) mass is 380 g/mol. The Hall–Kier alpha value is -2.37. The molecule has 0 spiro atoms. The van der Waals surface area contributed by atoms with Gasteiger partial charge in [0.05, 0.1) is 13.2 Å². The van der Waals surface area contributed by atoms with Crippen molar-refractivity contribution in [3.8, 4) is 0 Å². The molecule has 5 nitrogen and oxygen atoms in total. The summed E-state index contributed by atoms with van der Waals surface area (Å²) in [6, 6.07) is 17.2. The summed E-state index contributed by atoms with van der Waals surface area (Å²) in [6.45, 7) is 8.36. The van der Waals surface area contributed by atoms with Crippen LogP contribution >= 0.6 is 0 Å². The van der Waals surface area contributed by atoms with Gasteiger partial charge >= 0.3 is 0 Å². The third-order valence-electron chi connectivity index (χ3n) is 5.23. The molecular formula is C23H32N4O. The van der Waals surface area contributed by atoms with Crippen LogP contribution in [0.2, 0.25) is 0 Å². The maximum Gasteiger partial charge on any atom is 0.191 e. The fraction of sp³-hybridized carbons (Fsp3) is 0.435. The van der Waals surface area contributed by atoms with Gasteiger partial charge in [0.2, 0.25) is 0 Å². The van der Waals surface area contributed by atoms with Crippen LogP contribution in [-0.4, -0.2) is 44.2 Å². The largest absolute Gasteiger partial charge is 0.379 e. The van der Waals surface area contributed by atoms with E-state index in [1.807, 2.05) is 7.05 Å². The van der Waals surface area contributed by atoms with E-state index < -0.39 is 0 Å². The first kappa shape index (κ1) is 20.4. The lowest BCUT2D eigenvalue weighted by molar-refractivity contribution is 0.0341. The second kappa shape index (κ2) is 10.8. The number of benzene rings is 2. The van der Waals surface area contributed by atoms with Gasteiger partial charge in [-0.2, -0.15) is 0 Å². The Labute approximate surface area is 168 Å². The fourth-order valence-electron chi connectivity index (χ4n) is 3.54. The van der Waals surface area contributed by atoms with Crippen LogP contribution in [0.4, 0.5) is 0 Å². The van der Waals surface area contributed by atoms with Crippen LogP contribution < -0.4 is 10.6 Å². The Morgan fingerprint density at radius 1 is 0.893 bits per heavy atom. The molecule has 1 aliphatic rings. The van der Waals surface area contributed by atoms with E-state index in [9.17, 15) is 0 Å². The third kappa shape index (κ3) is 5.81. The number of nitrogens with zero attached hydrogens (tertiary/aromatic N) is 2. The Balaban J connectivity index is 1.56. The number of rotatable bonds is 7. The van der Waals surface area contributed by atoms with Crippen LogP contribution in [0.15, 0.2) is 53.5 Å². The van der Waals surface area contributed by atoms with Gasteiger partial charge in [0.15, 0.2) is 5.96 Å². The minimum atomic E-state index is 0.760. The number of aryl methyl sites for hydroxylation is 1. The Morgan fingerprint density at radius 3 is 2.00 bits per heavy atom. The van der Waals surface area contributed by atoms with Gasteiger partial charge in [-0.1, -0.05) is 55.5 Å². The lowest BCUT2D eigenvalue weighted by Gasteiger charge is -2.27. The van der Waals surface area contributed by atoms with Crippen LogP contribution in [0, 0.1) is 0 Å². The average molecular weight is 381 g/mol. The predicted octanol–water partition coefficient (Wildman–Crippen LogP) is 2.95. The van der Waals surface area contributed by atoms with E-state index in [1.54, 1.807) is 0 Å². The molecule has 0 radical (unpaired) electrons. The molecule has 2 N–H and O–H groups in total. The summed E-state index contributed by atoms with van der Waals surface area (Å²) >= 11 is 0. The zero-order valence-electron chi connectivity index (χ0n) is 17.1. The molecule has 1 heterocycles. The molecule has 150 valence electrons. The molecule has 0 amide bonds. The standard InChI is InChI=1S/C23H32N4O/c1-3-19-8-4-5-9-20(19)16-25-23(24-2)26-17-21-10-6-7-11-22(21)18-27-12-14-28-15-13-27/h4-11H,3,12-18H2,1-2H3,(H2,24,25,26). The van der Waals surface area contributed by atoms with Crippen molar-refractivity contribution in [2.24, 2.45) is 4.99 Å². The Morgan fingerprint density at radius 2 is 1.43 bits per heavy atom. The quantitative estimate of drug-likeness (QED) is 0.573. The van der Waals surface area contributed by atoms with Gasteiger partial charge in [0, 0.05) is 39.8 Å². The highest BCUT2D eigenvalue weighted by Crippen LogP contribution is 2.13. The zero-order valence-corrected chi connectivity index (χ0v) is 17.1. The minimum Gasteiger partial charge on any atom is -0.379 e. The smallest absolute Gasteiger partial charge is 0.191 e. The van der Waals surface area contributed by atoms with E-state index in [1.165, 1.54) is 22.3 Å². The van der Waals surface area contributed by atoms with Crippen molar-refractivity contribution in [1.29, 1.82) is 0 Å². The van der Waals surface area contributed by atoms with E-state index in [2.05, 4.69) is 76.0 Å². The van der Waals surface area contributed by atoms with Crippen molar-refractivity contribution in [2.75, 3.05) is 33.4 Å². The summed E-state index contributed by atoms with van der Waals surface area (Å²) in [5.41, 5.74) is 5.37. The van der Waals surface area contributed by atoms with Gasteiger partial charge in [-0.15, -0.1) is 0 Å². The summed E-state index contributed by atoms with van der Waals surface area (Å²) < 4.78 is 5.46. The van der Waals surface area contributed by atoms with E-state index in [0.29, 0.717) is 0 Å². The van der Waals surface area contributed by atoms with Crippen LogP contribution in [0.5, 0.6) is 0 Å². The van der Waals surface area contributed by atoms with Gasteiger partial charge in [-0.25, -0.2) is 0 Å². The third-order valence-corrected chi connectivity index (χ3v) is 5.23. The molecule has 2 aromatic rings. The molecule has 2 aromatic carbocycles. The maximum atomic E-state index is 5.46. The van der Waals surface area contributed by atoms with Gasteiger partial charge in [-0.3, -0.25) is 9.89 Å². The van der Waals surface area contributed by atoms with Crippen molar-refractivity contribution in [3.63, 3.8) is 0 Å². The lowest BCUT2D eigenvalue weighted by atomic mass is 10.1. The number of hydrogen-bond acceptors (Lipinski definition) is 3. The highest BCUT2D eigenvalue weighted by atomic mass is 16.5. The number of ether oxygens (including phenoxy) is 1. The highest BCUT2D eigenvalue weighted by Gasteiger charge is 2.12. The van der Waals surface area contributed by atoms with E-state index in [-0.39, 0.29) is 0 Å². The van der Waals surface area contributed by atoms with Crippen LogP contribution in [0.3, 0.4) is 0 Å². The molecule has 1 saturated heterocycles. The Bertz CT molecular complexity index is 769. The van der Waals surface area contributed by atoms with Gasteiger partial charge in [0.1, 0.15) is 0 Å². The predicted molar refractivity (Wildman–Crippen MR) is 115 cm³/mol. The zero-order chi connectivity index (χ0) is 19.6. The topological polar surface area (TPSA) is 48.9 Å². The van der Waals surface area contributed by atoms with Crippen LogP contribution in [-0.2, 0) is 30.8 Å². The molecule has 0 unspecified atom stereocenters. The summed E-state index contributed by atoms with van der Waals surface area (Å²) in [5, 5.41) is 6.91. The van der Waals surface area contributed by atoms with Crippen molar-refractivity contribution < 1.29 is 4.74 Å². The van der Waals surface area contributed by atoms with Crippen LogP contribution in [0.25, 0.3) is 0 Å². The molecule has 0 aliphatic carbocycles. The lowest BCUT2D eigenvalue weighted by Crippen LogP contribution is -2.37. The second-order valence-electron chi connectivity index (χ2n) is 7.06. The van der Waals surface area contributed by atoms with Gasteiger partial charge in [0.25, 0.3) is 0 Å². The van der Waals surface area contributed by atoms with E-state index in [4.69, 9.17) is 4.74 Å². The molecule has 1 aliphatic heterocycles. The van der Waals surface area contributed by atoms with Gasteiger partial charge < -0.3 is 15.4 Å². The summed E-state index contributed by atoms with van der Waals surface area (Å²) in [5.74, 6) is 0.826. The van der Waals surface area contributed by atoms with E-state index >= 15 is 0 Å². The molecule has 5 heteroatoms. The first-order valence-electron chi connectivity index (χ1n) is 10.2.